The zero-order valence-electron chi connectivity index (χ0n) is 18.3. The smallest absolute Gasteiger partial charge is 0.408 e. The van der Waals surface area contributed by atoms with Gasteiger partial charge in [-0.3, -0.25) is 0 Å². The Morgan fingerprint density at radius 3 is 2.48 bits per heavy atom. The lowest BCUT2D eigenvalue weighted by atomic mass is 10.3. The van der Waals surface area contributed by atoms with Gasteiger partial charge in [0.15, 0.2) is 6.61 Å². The van der Waals surface area contributed by atoms with Gasteiger partial charge in [0.1, 0.15) is 0 Å². The van der Waals surface area contributed by atoms with Crippen LogP contribution >= 0.6 is 8.53 Å². The number of carbonyl (C=O) groups is 1. The van der Waals surface area contributed by atoms with Crippen molar-refractivity contribution in [3.63, 3.8) is 0 Å². The van der Waals surface area contributed by atoms with Crippen molar-refractivity contribution in [1.82, 2.24) is 9.99 Å². The molecule has 0 aliphatic rings. The van der Waals surface area contributed by atoms with Gasteiger partial charge in [-0.15, -0.1) is 6.42 Å². The average molecular weight is 429 g/mol. The quantitative estimate of drug-likeness (QED) is 0.226. The molecule has 0 spiro atoms. The summed E-state index contributed by atoms with van der Waals surface area (Å²) in [5, 5.41) is 11.4. The Labute approximate surface area is 177 Å². The van der Waals surface area contributed by atoms with Gasteiger partial charge in [-0.05, 0) is 40.5 Å². The fourth-order valence-electron chi connectivity index (χ4n) is 2.38. The van der Waals surface area contributed by atoms with Crippen molar-refractivity contribution in [1.29, 1.82) is 5.26 Å². The second kappa shape index (κ2) is 17.4. The van der Waals surface area contributed by atoms with Gasteiger partial charge >= 0.3 is 6.09 Å². The predicted molar refractivity (Wildman–Crippen MR) is 114 cm³/mol. The van der Waals surface area contributed by atoms with Crippen LogP contribution in [-0.2, 0) is 18.5 Å². The maximum Gasteiger partial charge on any atom is 0.408 e. The van der Waals surface area contributed by atoms with Crippen molar-refractivity contribution in [3.8, 4) is 18.4 Å². The number of alkyl carbamates (subject to hydrolysis) is 1. The Morgan fingerprint density at radius 2 is 1.93 bits per heavy atom. The van der Waals surface area contributed by atoms with E-state index in [4.69, 9.17) is 30.2 Å². The molecular weight excluding hydrogens is 393 g/mol. The molecule has 29 heavy (non-hydrogen) atoms. The summed E-state index contributed by atoms with van der Waals surface area (Å²) in [5.74, 6) is 2.23. The van der Waals surface area contributed by atoms with Crippen molar-refractivity contribution in [2.75, 3.05) is 33.0 Å². The Hall–Kier alpha value is -1.41. The minimum absolute atomic E-state index is 0.0406. The highest BCUT2D eigenvalue weighted by Gasteiger charge is 2.29. The largest absolute Gasteiger partial charge is 0.436 e. The average Bonchev–Trinajstić information content (AvgIpc) is 2.67. The summed E-state index contributed by atoms with van der Waals surface area (Å²) in [6.07, 6.45) is 6.14. The molecule has 0 fully saturated rings. The highest BCUT2D eigenvalue weighted by Crippen LogP contribution is 2.47. The van der Waals surface area contributed by atoms with Crippen LogP contribution in [0.5, 0.6) is 0 Å². The van der Waals surface area contributed by atoms with E-state index in [-0.39, 0.29) is 24.8 Å². The monoisotopic (exact) mass is 429 g/mol. The van der Waals surface area contributed by atoms with Crippen LogP contribution in [0.25, 0.3) is 0 Å². The van der Waals surface area contributed by atoms with Gasteiger partial charge in [0.05, 0.1) is 31.8 Å². The maximum atomic E-state index is 11.3. The van der Waals surface area contributed by atoms with Gasteiger partial charge < -0.3 is 23.8 Å². The van der Waals surface area contributed by atoms with Gasteiger partial charge in [0.25, 0.3) is 8.53 Å². The van der Waals surface area contributed by atoms with Gasteiger partial charge in [0, 0.05) is 25.2 Å². The Balaban J connectivity index is 4.44. The second-order valence-electron chi connectivity index (χ2n) is 6.82. The molecule has 0 bridgehead atoms. The lowest BCUT2D eigenvalue weighted by Crippen LogP contribution is -2.35. The van der Waals surface area contributed by atoms with Crippen LogP contribution in [0.1, 0.15) is 53.9 Å². The number of nitrogens with one attached hydrogen (secondary N) is 1. The summed E-state index contributed by atoms with van der Waals surface area (Å²) in [4.78, 5) is 11.3. The third-order valence-corrected chi connectivity index (χ3v) is 5.86. The van der Waals surface area contributed by atoms with E-state index in [0.29, 0.717) is 39.2 Å². The van der Waals surface area contributed by atoms with E-state index in [1.807, 2.05) is 6.92 Å². The van der Waals surface area contributed by atoms with Gasteiger partial charge in [-0.1, -0.05) is 12.8 Å². The zero-order valence-corrected chi connectivity index (χ0v) is 19.2. The molecular formula is C20H36N3O5P. The van der Waals surface area contributed by atoms with Crippen molar-refractivity contribution in [2.24, 2.45) is 0 Å². The first kappa shape index (κ1) is 27.6. The van der Waals surface area contributed by atoms with E-state index >= 15 is 0 Å². The molecule has 1 N–H and O–H groups in total. The number of carbonyl (C=O) groups excluding carboxylic acids is 1. The highest BCUT2D eigenvalue weighted by atomic mass is 31.2. The number of hydrogen-bond donors (Lipinski definition) is 1. The number of ether oxygens (including phenoxy) is 2. The van der Waals surface area contributed by atoms with Gasteiger partial charge in [0.2, 0.25) is 0 Å². The molecule has 0 saturated carbocycles. The van der Waals surface area contributed by atoms with E-state index in [1.165, 1.54) is 0 Å². The molecule has 1 amide bonds. The lowest BCUT2D eigenvalue weighted by molar-refractivity contribution is 0.0354. The maximum absolute atomic E-state index is 11.3. The summed E-state index contributed by atoms with van der Waals surface area (Å²) < 4.78 is 24.8. The number of amides is 1. The summed E-state index contributed by atoms with van der Waals surface area (Å²) in [6, 6.07) is 2.60. The molecule has 2 atom stereocenters. The predicted octanol–water partition coefficient (Wildman–Crippen LogP) is 3.82. The summed E-state index contributed by atoms with van der Waals surface area (Å²) >= 11 is 0. The molecule has 0 saturated heterocycles. The van der Waals surface area contributed by atoms with Crippen LogP contribution in [-0.4, -0.2) is 61.9 Å². The molecule has 0 radical (unpaired) electrons. The van der Waals surface area contributed by atoms with Crippen molar-refractivity contribution in [3.05, 3.63) is 0 Å². The van der Waals surface area contributed by atoms with E-state index in [2.05, 4.69) is 49.7 Å². The Bertz CT molecular complexity index is 511. The van der Waals surface area contributed by atoms with Crippen LogP contribution in [0.4, 0.5) is 4.79 Å². The first-order valence-corrected chi connectivity index (χ1v) is 11.2. The minimum atomic E-state index is -1.29. The molecule has 0 heterocycles. The molecule has 0 aromatic carbocycles. The molecule has 0 aromatic heterocycles. The molecule has 0 aliphatic carbocycles. The second-order valence-corrected chi connectivity index (χ2v) is 8.22. The third-order valence-electron chi connectivity index (χ3n) is 3.68. The van der Waals surface area contributed by atoms with E-state index in [1.54, 1.807) is 0 Å². The van der Waals surface area contributed by atoms with Crippen molar-refractivity contribution < 1.29 is 23.3 Å². The Morgan fingerprint density at radius 1 is 1.24 bits per heavy atom. The van der Waals surface area contributed by atoms with Crippen molar-refractivity contribution in [2.45, 2.75) is 72.1 Å². The number of rotatable bonds is 16. The third kappa shape index (κ3) is 13.4. The zero-order chi connectivity index (χ0) is 22.1. The standard InChI is InChI=1S/C20H36N3O5P/c1-7-13-26-20(24)22-12-10-14-25-16-19(8-2)28-29(27-15-9-11-21)23(17(3)4)18(5)6/h1,17-19H,8-10,12-16H2,2-6H3,(H,22,24). The minimum Gasteiger partial charge on any atom is -0.436 e. The summed E-state index contributed by atoms with van der Waals surface area (Å²) in [6.45, 7) is 12.1. The summed E-state index contributed by atoms with van der Waals surface area (Å²) in [7, 11) is -1.29. The number of nitrogens with zero attached hydrogens (tertiary/aromatic N) is 2. The van der Waals surface area contributed by atoms with Crippen LogP contribution in [0.3, 0.4) is 0 Å². The molecule has 2 unspecified atom stereocenters. The van der Waals surface area contributed by atoms with E-state index in [0.717, 1.165) is 6.42 Å². The molecule has 0 rings (SSSR count). The van der Waals surface area contributed by atoms with E-state index in [9.17, 15) is 4.79 Å². The van der Waals surface area contributed by atoms with E-state index < -0.39 is 14.6 Å². The molecule has 0 aliphatic heterocycles. The van der Waals surface area contributed by atoms with Crippen LogP contribution in [0.2, 0.25) is 0 Å². The van der Waals surface area contributed by atoms with Crippen LogP contribution in [0.15, 0.2) is 0 Å². The molecule has 0 aromatic rings. The molecule has 8 nitrogen and oxygen atoms in total. The van der Waals surface area contributed by atoms with Crippen LogP contribution < -0.4 is 5.32 Å². The first-order chi connectivity index (χ1) is 13.9. The number of terminal acetylenes is 1. The first-order valence-electron chi connectivity index (χ1n) is 10.0. The fourth-order valence-corrected chi connectivity index (χ4v) is 4.15. The highest BCUT2D eigenvalue weighted by molar-refractivity contribution is 7.44. The summed E-state index contributed by atoms with van der Waals surface area (Å²) in [5.41, 5.74) is 0. The van der Waals surface area contributed by atoms with Gasteiger partial charge in [-0.2, -0.15) is 5.26 Å². The van der Waals surface area contributed by atoms with Crippen LogP contribution in [0, 0.1) is 23.7 Å². The van der Waals surface area contributed by atoms with Gasteiger partial charge in [-0.25, -0.2) is 9.46 Å². The topological polar surface area (TPSA) is 93.0 Å². The van der Waals surface area contributed by atoms with Crippen molar-refractivity contribution >= 4 is 14.6 Å². The SMILES string of the molecule is C#CCOC(=O)NCCCOCC(CC)OP(OCCC#N)N(C(C)C)C(C)C. The lowest BCUT2D eigenvalue weighted by Gasteiger charge is -2.37. The number of hydrogen-bond acceptors (Lipinski definition) is 7. The fraction of sp³-hybridized carbons (Fsp3) is 0.800. The molecule has 166 valence electrons. The number of nitriles is 1. The normalized spacial score (nSPS) is 13.2. The molecule has 9 heteroatoms. The Kier molecular flexibility index (Phi) is 16.6.